The largest absolute Gasteiger partial charge is 0.493 e. The number of amides is 1. The summed E-state index contributed by atoms with van der Waals surface area (Å²) in [5.74, 6) is 0.517. The first-order chi connectivity index (χ1) is 12.4. The molecular weight excluding hydrogens is 336 g/mol. The number of hydrogen-bond donors (Lipinski definition) is 1. The monoisotopic (exact) mass is 356 g/mol. The molecule has 0 saturated heterocycles. The van der Waals surface area contributed by atoms with E-state index in [1.54, 1.807) is 25.1 Å². The van der Waals surface area contributed by atoms with Crippen LogP contribution in [0.1, 0.15) is 19.4 Å². The van der Waals surface area contributed by atoms with Gasteiger partial charge >= 0.3 is 0 Å². The summed E-state index contributed by atoms with van der Waals surface area (Å²) in [4.78, 5) is 22.6. The predicted octanol–water partition coefficient (Wildman–Crippen LogP) is 4.04. The number of nitrogens with one attached hydrogen (secondary N) is 1. The molecule has 0 aliphatic rings. The molecule has 0 radical (unpaired) electrons. The SMILES string of the molecule is C/C=C/c1ccc(OC(C)C(=O)Nc2cccc([N+](=O)[O-])c2)c(OC)c1. The molecule has 26 heavy (non-hydrogen) atoms. The number of methoxy groups -OCH3 is 1. The molecule has 1 amide bonds. The van der Waals surface area contributed by atoms with Gasteiger partial charge in [-0.3, -0.25) is 14.9 Å². The molecule has 136 valence electrons. The van der Waals surface area contributed by atoms with Crippen LogP contribution in [0, 0.1) is 10.1 Å². The third kappa shape index (κ3) is 4.83. The molecule has 7 heteroatoms. The van der Waals surface area contributed by atoms with Gasteiger partial charge in [-0.05, 0) is 37.6 Å². The van der Waals surface area contributed by atoms with E-state index in [0.717, 1.165) is 5.56 Å². The minimum Gasteiger partial charge on any atom is -0.493 e. The standard InChI is InChI=1S/C19H20N2O5/c1-4-6-14-9-10-17(18(11-14)25-3)26-13(2)19(22)20-15-7-5-8-16(12-15)21(23)24/h4-13H,1-3H3,(H,20,22)/b6-4+. The second-order valence-electron chi connectivity index (χ2n) is 5.47. The Bertz CT molecular complexity index is 832. The highest BCUT2D eigenvalue weighted by Crippen LogP contribution is 2.29. The fourth-order valence-corrected chi connectivity index (χ4v) is 2.26. The lowest BCUT2D eigenvalue weighted by molar-refractivity contribution is -0.384. The van der Waals surface area contributed by atoms with Gasteiger partial charge in [0, 0.05) is 17.8 Å². The first-order valence-corrected chi connectivity index (χ1v) is 7.97. The zero-order valence-corrected chi connectivity index (χ0v) is 14.8. The Morgan fingerprint density at radius 2 is 2.00 bits per heavy atom. The first-order valence-electron chi connectivity index (χ1n) is 7.97. The predicted molar refractivity (Wildman–Crippen MR) is 99.5 cm³/mol. The van der Waals surface area contributed by atoms with Crippen LogP contribution in [0.5, 0.6) is 11.5 Å². The number of nitrogens with zero attached hydrogens (tertiary/aromatic N) is 1. The highest BCUT2D eigenvalue weighted by molar-refractivity contribution is 5.94. The fraction of sp³-hybridized carbons (Fsp3) is 0.211. The van der Waals surface area contributed by atoms with Crippen molar-refractivity contribution in [2.24, 2.45) is 0 Å². The quantitative estimate of drug-likeness (QED) is 0.597. The van der Waals surface area contributed by atoms with Crippen molar-refractivity contribution in [3.63, 3.8) is 0 Å². The molecule has 0 bridgehead atoms. The van der Waals surface area contributed by atoms with Crippen LogP contribution < -0.4 is 14.8 Å². The van der Waals surface area contributed by atoms with Gasteiger partial charge in [-0.2, -0.15) is 0 Å². The summed E-state index contributed by atoms with van der Waals surface area (Å²) in [6, 6.07) is 11.1. The van der Waals surface area contributed by atoms with Crippen LogP contribution in [0.2, 0.25) is 0 Å². The normalized spacial score (nSPS) is 11.8. The molecule has 0 aliphatic heterocycles. The van der Waals surface area contributed by atoms with Gasteiger partial charge in [-0.1, -0.05) is 24.3 Å². The molecule has 0 fully saturated rings. The number of nitro benzene ring substituents is 1. The van der Waals surface area contributed by atoms with Crippen LogP contribution in [0.4, 0.5) is 11.4 Å². The van der Waals surface area contributed by atoms with E-state index in [1.165, 1.54) is 25.3 Å². The average molecular weight is 356 g/mol. The van der Waals surface area contributed by atoms with E-state index in [2.05, 4.69) is 5.32 Å². The number of nitro groups is 1. The van der Waals surface area contributed by atoms with Crippen molar-refractivity contribution < 1.29 is 19.2 Å². The fourth-order valence-electron chi connectivity index (χ4n) is 2.26. The van der Waals surface area contributed by atoms with Crippen molar-refractivity contribution in [2.45, 2.75) is 20.0 Å². The van der Waals surface area contributed by atoms with Crippen LogP contribution in [-0.4, -0.2) is 24.0 Å². The van der Waals surface area contributed by atoms with Crippen LogP contribution in [0.15, 0.2) is 48.5 Å². The molecule has 1 N–H and O–H groups in total. The number of non-ortho nitro benzene ring substituents is 1. The number of allylic oxidation sites excluding steroid dienone is 1. The number of carbonyl (C=O) groups is 1. The summed E-state index contributed by atoms with van der Waals surface area (Å²) < 4.78 is 11.0. The highest BCUT2D eigenvalue weighted by Gasteiger charge is 2.18. The Hall–Kier alpha value is -3.35. The lowest BCUT2D eigenvalue weighted by Crippen LogP contribution is -2.30. The Morgan fingerprint density at radius 3 is 2.65 bits per heavy atom. The zero-order valence-electron chi connectivity index (χ0n) is 14.8. The van der Waals surface area contributed by atoms with Gasteiger partial charge in [0.2, 0.25) is 0 Å². The number of benzene rings is 2. The van der Waals surface area contributed by atoms with Crippen LogP contribution in [0.25, 0.3) is 6.08 Å². The summed E-state index contributed by atoms with van der Waals surface area (Å²) in [5, 5.41) is 13.4. The van der Waals surface area contributed by atoms with Gasteiger partial charge < -0.3 is 14.8 Å². The minimum atomic E-state index is -0.823. The minimum absolute atomic E-state index is 0.0994. The molecule has 0 heterocycles. The highest BCUT2D eigenvalue weighted by atomic mass is 16.6. The third-order valence-electron chi connectivity index (χ3n) is 3.54. The summed E-state index contributed by atoms with van der Waals surface area (Å²) >= 11 is 0. The number of carbonyl (C=O) groups excluding carboxylic acids is 1. The molecule has 0 aromatic heterocycles. The Labute approximate surface area is 151 Å². The van der Waals surface area contributed by atoms with Gasteiger partial charge in [-0.15, -0.1) is 0 Å². The van der Waals surface area contributed by atoms with E-state index < -0.39 is 16.9 Å². The Morgan fingerprint density at radius 1 is 1.23 bits per heavy atom. The molecule has 7 nitrogen and oxygen atoms in total. The second kappa shape index (κ2) is 8.66. The molecule has 2 aromatic rings. The van der Waals surface area contributed by atoms with Gasteiger partial charge in [0.25, 0.3) is 11.6 Å². The van der Waals surface area contributed by atoms with Crippen LogP contribution in [0.3, 0.4) is 0 Å². The maximum Gasteiger partial charge on any atom is 0.271 e. The van der Waals surface area contributed by atoms with Crippen molar-refractivity contribution in [1.29, 1.82) is 0 Å². The Kier molecular flexibility index (Phi) is 6.32. The third-order valence-corrected chi connectivity index (χ3v) is 3.54. The lowest BCUT2D eigenvalue weighted by atomic mass is 10.2. The number of hydrogen-bond acceptors (Lipinski definition) is 5. The Balaban J connectivity index is 2.09. The van der Waals surface area contributed by atoms with Crippen molar-refractivity contribution in [1.82, 2.24) is 0 Å². The van der Waals surface area contributed by atoms with E-state index >= 15 is 0 Å². The van der Waals surface area contributed by atoms with Gasteiger partial charge in [0.1, 0.15) is 0 Å². The van der Waals surface area contributed by atoms with E-state index in [1.807, 2.05) is 25.1 Å². The van der Waals surface area contributed by atoms with Gasteiger partial charge in [0.15, 0.2) is 17.6 Å². The second-order valence-corrected chi connectivity index (χ2v) is 5.47. The summed E-state index contributed by atoms with van der Waals surface area (Å²) in [7, 11) is 1.52. The summed E-state index contributed by atoms with van der Waals surface area (Å²) in [6.07, 6.45) is 3.01. The van der Waals surface area contributed by atoms with E-state index in [0.29, 0.717) is 17.2 Å². The number of rotatable bonds is 7. The number of anilines is 1. The molecule has 1 unspecified atom stereocenters. The topological polar surface area (TPSA) is 90.7 Å². The smallest absolute Gasteiger partial charge is 0.271 e. The maximum atomic E-state index is 12.3. The summed E-state index contributed by atoms with van der Waals surface area (Å²) in [6.45, 7) is 3.50. The van der Waals surface area contributed by atoms with Gasteiger partial charge in [-0.25, -0.2) is 0 Å². The van der Waals surface area contributed by atoms with Crippen molar-refractivity contribution in [3.8, 4) is 11.5 Å². The average Bonchev–Trinajstić information content (AvgIpc) is 2.63. The first kappa shape index (κ1) is 19.0. The van der Waals surface area contributed by atoms with E-state index in [4.69, 9.17) is 9.47 Å². The molecule has 0 spiro atoms. The molecule has 1 atom stereocenters. The van der Waals surface area contributed by atoms with E-state index in [9.17, 15) is 14.9 Å². The lowest BCUT2D eigenvalue weighted by Gasteiger charge is -2.17. The molecule has 0 aliphatic carbocycles. The molecule has 2 rings (SSSR count). The zero-order chi connectivity index (χ0) is 19.1. The van der Waals surface area contributed by atoms with Crippen molar-refractivity contribution in [2.75, 3.05) is 12.4 Å². The van der Waals surface area contributed by atoms with Crippen molar-refractivity contribution >= 4 is 23.4 Å². The summed E-state index contributed by atoms with van der Waals surface area (Å²) in [5.41, 5.74) is 1.18. The molecule has 2 aromatic carbocycles. The van der Waals surface area contributed by atoms with Crippen LogP contribution in [-0.2, 0) is 4.79 Å². The van der Waals surface area contributed by atoms with Crippen molar-refractivity contribution in [3.05, 3.63) is 64.2 Å². The van der Waals surface area contributed by atoms with Gasteiger partial charge in [0.05, 0.1) is 12.0 Å². The van der Waals surface area contributed by atoms with E-state index in [-0.39, 0.29) is 5.69 Å². The number of ether oxygens (including phenoxy) is 2. The maximum absolute atomic E-state index is 12.3. The molecule has 0 saturated carbocycles. The molecular formula is C19H20N2O5. The van der Waals surface area contributed by atoms with Crippen LogP contribution >= 0.6 is 0 Å².